The summed E-state index contributed by atoms with van der Waals surface area (Å²) in [5.74, 6) is 1.88. The van der Waals surface area contributed by atoms with Gasteiger partial charge in [-0.3, -0.25) is 4.79 Å². The van der Waals surface area contributed by atoms with Crippen molar-refractivity contribution >= 4 is 34.8 Å². The maximum absolute atomic E-state index is 13.5. The Bertz CT molecular complexity index is 1090. The Labute approximate surface area is 188 Å². The van der Waals surface area contributed by atoms with Crippen LogP contribution in [0.15, 0.2) is 30.3 Å². The number of aromatic nitrogens is 3. The van der Waals surface area contributed by atoms with Crippen molar-refractivity contribution in [1.82, 2.24) is 14.8 Å². The fourth-order valence-corrected chi connectivity index (χ4v) is 4.71. The summed E-state index contributed by atoms with van der Waals surface area (Å²) in [5.41, 5.74) is 0.392. The van der Waals surface area contributed by atoms with Crippen LogP contribution in [0.2, 0.25) is 4.34 Å². The van der Waals surface area contributed by atoms with Crippen molar-refractivity contribution in [3.63, 3.8) is 0 Å². The Morgan fingerprint density at radius 3 is 2.81 bits per heavy atom. The molecule has 2 aromatic heterocycles. The molecule has 0 unspecified atom stereocenters. The van der Waals surface area contributed by atoms with Gasteiger partial charge >= 0.3 is 0 Å². The largest absolute Gasteiger partial charge is 0.486 e. The van der Waals surface area contributed by atoms with E-state index in [1.165, 1.54) is 16.0 Å². The van der Waals surface area contributed by atoms with Crippen LogP contribution in [0, 0.1) is 0 Å². The first-order chi connectivity index (χ1) is 15.2. The van der Waals surface area contributed by atoms with Crippen LogP contribution >= 0.6 is 22.9 Å². The van der Waals surface area contributed by atoms with Gasteiger partial charge in [0.2, 0.25) is 5.95 Å². The molecule has 0 spiro atoms. The number of hydrogen-bond donors (Lipinski definition) is 1. The molecule has 2 aliphatic heterocycles. The fourth-order valence-electron chi connectivity index (χ4n) is 3.68. The smallest absolute Gasteiger partial charge is 0.285 e. The van der Waals surface area contributed by atoms with Gasteiger partial charge in [-0.2, -0.15) is 9.67 Å². The molecule has 3 aromatic rings. The lowest BCUT2D eigenvalue weighted by atomic mass is 10.00. The highest BCUT2D eigenvalue weighted by molar-refractivity contribution is 7.16. The van der Waals surface area contributed by atoms with Gasteiger partial charge in [0.25, 0.3) is 5.91 Å². The lowest BCUT2D eigenvalue weighted by Crippen LogP contribution is -2.22. The SMILES string of the molecule is O=C(c1cccc2c1OCCO2)n1nc(C2CCOCC2)nc1NCc1ccc(Cl)s1. The zero-order chi connectivity index (χ0) is 21.2. The van der Waals surface area contributed by atoms with E-state index >= 15 is 0 Å². The van der Waals surface area contributed by atoms with Crippen LogP contribution in [0.4, 0.5) is 5.95 Å². The average molecular weight is 461 g/mol. The average Bonchev–Trinajstić information content (AvgIpc) is 3.43. The second kappa shape index (κ2) is 8.86. The Morgan fingerprint density at radius 1 is 1.16 bits per heavy atom. The minimum Gasteiger partial charge on any atom is -0.486 e. The summed E-state index contributed by atoms with van der Waals surface area (Å²) < 4.78 is 18.9. The molecular formula is C21H21ClN4O4S. The van der Waals surface area contributed by atoms with Crippen molar-refractivity contribution in [3.8, 4) is 11.5 Å². The van der Waals surface area contributed by atoms with Crippen molar-refractivity contribution in [2.75, 3.05) is 31.7 Å². The normalized spacial score (nSPS) is 16.3. The standard InChI is InChI=1S/C21H21ClN4O4S/c22-17-5-4-14(31-17)12-23-21-24-19(13-6-8-28-9-7-13)25-26(21)20(27)15-2-1-3-16-18(15)30-11-10-29-16/h1-5,13H,6-12H2,(H,23,24,25). The Balaban J connectivity index is 1.48. The Hall–Kier alpha value is -2.62. The predicted molar refractivity (Wildman–Crippen MR) is 117 cm³/mol. The number of thiophene rings is 1. The highest BCUT2D eigenvalue weighted by atomic mass is 35.5. The van der Waals surface area contributed by atoms with Crippen LogP contribution in [0.25, 0.3) is 0 Å². The molecule has 0 amide bonds. The number of fused-ring (bicyclic) bond motifs is 1. The molecule has 1 aromatic carbocycles. The molecule has 0 bridgehead atoms. The predicted octanol–water partition coefficient (Wildman–Crippen LogP) is 3.96. The lowest BCUT2D eigenvalue weighted by molar-refractivity contribution is 0.0833. The number of nitrogens with zero attached hydrogens (tertiary/aromatic N) is 3. The van der Waals surface area contributed by atoms with Gasteiger partial charge in [-0.05, 0) is 37.1 Å². The summed E-state index contributed by atoms with van der Waals surface area (Å²) in [6.07, 6.45) is 1.66. The quantitative estimate of drug-likeness (QED) is 0.616. The van der Waals surface area contributed by atoms with E-state index in [1.54, 1.807) is 18.2 Å². The first-order valence-electron chi connectivity index (χ1n) is 10.1. The number of carbonyl (C=O) groups is 1. The molecule has 10 heteroatoms. The molecular weight excluding hydrogens is 440 g/mol. The van der Waals surface area contributed by atoms with Gasteiger partial charge in [0.05, 0.1) is 16.4 Å². The number of anilines is 1. The second-order valence-electron chi connectivity index (χ2n) is 7.29. The molecule has 0 saturated carbocycles. The number of rotatable bonds is 5. The molecule has 0 aliphatic carbocycles. The fraction of sp³-hybridized carbons (Fsp3) is 0.381. The van der Waals surface area contributed by atoms with Gasteiger partial charge in [-0.1, -0.05) is 17.7 Å². The summed E-state index contributed by atoms with van der Waals surface area (Å²) in [4.78, 5) is 19.2. The van der Waals surface area contributed by atoms with Crippen LogP contribution in [0.1, 0.15) is 39.8 Å². The van der Waals surface area contributed by atoms with E-state index in [1.807, 2.05) is 12.1 Å². The topological polar surface area (TPSA) is 87.5 Å². The monoisotopic (exact) mass is 460 g/mol. The van der Waals surface area contributed by atoms with Crippen molar-refractivity contribution < 1.29 is 19.0 Å². The van der Waals surface area contributed by atoms with Crippen LogP contribution in [0.5, 0.6) is 11.5 Å². The third-order valence-electron chi connectivity index (χ3n) is 5.25. The molecule has 0 atom stereocenters. The third-order valence-corrected chi connectivity index (χ3v) is 6.48. The van der Waals surface area contributed by atoms with E-state index in [0.29, 0.717) is 66.1 Å². The number of para-hydroxylation sites is 1. The van der Waals surface area contributed by atoms with Crippen molar-refractivity contribution in [2.45, 2.75) is 25.3 Å². The van der Waals surface area contributed by atoms with Crippen molar-refractivity contribution in [2.24, 2.45) is 0 Å². The maximum Gasteiger partial charge on any atom is 0.285 e. The first-order valence-corrected chi connectivity index (χ1v) is 11.3. The summed E-state index contributed by atoms with van der Waals surface area (Å²) in [5, 5.41) is 7.85. The molecule has 31 heavy (non-hydrogen) atoms. The van der Waals surface area contributed by atoms with Gasteiger partial charge in [0.15, 0.2) is 17.3 Å². The summed E-state index contributed by atoms with van der Waals surface area (Å²) in [6, 6.07) is 9.08. The van der Waals surface area contributed by atoms with E-state index in [-0.39, 0.29) is 11.8 Å². The first kappa shape index (κ1) is 20.3. The zero-order valence-electron chi connectivity index (χ0n) is 16.7. The van der Waals surface area contributed by atoms with Gasteiger partial charge in [0, 0.05) is 24.0 Å². The molecule has 1 N–H and O–H groups in total. The number of halogens is 1. The van der Waals surface area contributed by atoms with Crippen molar-refractivity contribution in [3.05, 3.63) is 50.9 Å². The van der Waals surface area contributed by atoms with Crippen LogP contribution < -0.4 is 14.8 Å². The molecule has 5 rings (SSSR count). The third kappa shape index (κ3) is 4.26. The summed E-state index contributed by atoms with van der Waals surface area (Å²) >= 11 is 7.52. The molecule has 2 aliphatic rings. The molecule has 162 valence electrons. The highest BCUT2D eigenvalue weighted by Gasteiger charge is 2.28. The summed E-state index contributed by atoms with van der Waals surface area (Å²) in [7, 11) is 0. The number of nitrogens with one attached hydrogen (secondary N) is 1. The van der Waals surface area contributed by atoms with Crippen LogP contribution in [0.3, 0.4) is 0 Å². The maximum atomic E-state index is 13.5. The number of carbonyl (C=O) groups excluding carboxylic acids is 1. The highest BCUT2D eigenvalue weighted by Crippen LogP contribution is 2.35. The molecule has 1 saturated heterocycles. The van der Waals surface area contributed by atoms with Gasteiger partial charge in [-0.15, -0.1) is 16.4 Å². The van der Waals surface area contributed by atoms with Gasteiger partial charge in [-0.25, -0.2) is 0 Å². The van der Waals surface area contributed by atoms with Crippen molar-refractivity contribution in [1.29, 1.82) is 0 Å². The van der Waals surface area contributed by atoms with Gasteiger partial charge in [0.1, 0.15) is 13.2 Å². The Kier molecular flexibility index (Phi) is 5.80. The molecule has 8 nitrogen and oxygen atoms in total. The lowest BCUT2D eigenvalue weighted by Gasteiger charge is -2.20. The summed E-state index contributed by atoms with van der Waals surface area (Å²) in [6.45, 7) is 2.68. The van der Waals surface area contributed by atoms with Gasteiger partial charge < -0.3 is 19.5 Å². The number of hydrogen-bond acceptors (Lipinski definition) is 8. The Morgan fingerprint density at radius 2 is 2.00 bits per heavy atom. The minimum absolute atomic E-state index is 0.156. The number of benzene rings is 1. The van der Waals surface area contributed by atoms with E-state index < -0.39 is 0 Å². The van der Waals surface area contributed by atoms with Crippen LogP contribution in [-0.4, -0.2) is 47.1 Å². The molecule has 1 fully saturated rings. The second-order valence-corrected chi connectivity index (χ2v) is 9.09. The zero-order valence-corrected chi connectivity index (χ0v) is 18.2. The minimum atomic E-state index is -0.320. The van der Waals surface area contributed by atoms with E-state index in [9.17, 15) is 4.79 Å². The molecule has 4 heterocycles. The van der Waals surface area contributed by atoms with Crippen LogP contribution in [-0.2, 0) is 11.3 Å². The molecule has 0 radical (unpaired) electrons. The van der Waals surface area contributed by atoms with E-state index in [0.717, 1.165) is 17.7 Å². The van der Waals surface area contributed by atoms with E-state index in [2.05, 4.69) is 15.4 Å². The number of ether oxygens (including phenoxy) is 3. The van der Waals surface area contributed by atoms with E-state index in [4.69, 9.17) is 25.8 Å².